The molecule has 4 nitrogen and oxygen atoms in total. The minimum atomic E-state index is -0.267. The predicted octanol–water partition coefficient (Wildman–Crippen LogP) is 7.05. The van der Waals surface area contributed by atoms with Crippen molar-refractivity contribution in [2.75, 3.05) is 6.61 Å². The maximum absolute atomic E-state index is 12.2. The van der Waals surface area contributed by atoms with Gasteiger partial charge < -0.3 is 14.6 Å². The zero-order valence-electron chi connectivity index (χ0n) is 18.3. The van der Waals surface area contributed by atoms with Crippen molar-refractivity contribution in [1.82, 2.24) is 0 Å². The summed E-state index contributed by atoms with van der Waals surface area (Å²) in [6, 6.07) is 13.9. The van der Waals surface area contributed by atoms with E-state index in [1.165, 1.54) is 51.4 Å². The Kier molecular flexibility index (Phi) is 11.5. The van der Waals surface area contributed by atoms with E-state index < -0.39 is 0 Å². The molecule has 164 valence electrons. The molecule has 2 rings (SSSR count). The molecule has 0 radical (unpaired) electrons. The number of carbonyl (C=O) groups excluding carboxylic acids is 1. The Hall–Kier alpha value is -2.49. The standard InChI is InChI=1S/C26H36O4/c1-2-3-4-5-6-7-8-9-10-11-20-29-26(28)23-14-12-22(13-15-23)21-30-25-18-16-24(27)17-19-25/h12-19,27H,2-11,20-21H2,1H3. The molecule has 1 N–H and O–H groups in total. The van der Waals surface area contributed by atoms with Crippen molar-refractivity contribution >= 4 is 5.97 Å². The number of unbranched alkanes of at least 4 members (excludes halogenated alkanes) is 9. The number of ether oxygens (including phenoxy) is 2. The minimum absolute atomic E-state index is 0.211. The molecule has 0 spiro atoms. The second kappa shape index (κ2) is 14.5. The summed E-state index contributed by atoms with van der Waals surface area (Å²) < 4.78 is 11.1. The van der Waals surface area contributed by atoms with E-state index in [0.29, 0.717) is 24.5 Å². The zero-order valence-corrected chi connectivity index (χ0v) is 18.3. The quantitative estimate of drug-likeness (QED) is 0.251. The van der Waals surface area contributed by atoms with Crippen molar-refractivity contribution < 1.29 is 19.4 Å². The Morgan fingerprint density at radius 2 is 1.33 bits per heavy atom. The summed E-state index contributed by atoms with van der Waals surface area (Å²) in [5.74, 6) is 0.632. The number of benzene rings is 2. The Morgan fingerprint density at radius 3 is 1.93 bits per heavy atom. The maximum Gasteiger partial charge on any atom is 0.338 e. The summed E-state index contributed by atoms with van der Waals surface area (Å²) in [6.45, 7) is 3.14. The third-order valence-corrected chi connectivity index (χ3v) is 5.16. The van der Waals surface area contributed by atoms with Gasteiger partial charge in [0.2, 0.25) is 0 Å². The van der Waals surface area contributed by atoms with E-state index in [1.54, 1.807) is 36.4 Å². The second-order valence-electron chi connectivity index (χ2n) is 7.80. The Morgan fingerprint density at radius 1 is 0.767 bits per heavy atom. The summed E-state index contributed by atoms with van der Waals surface area (Å²) in [5, 5.41) is 9.28. The molecule has 0 aliphatic heterocycles. The highest BCUT2D eigenvalue weighted by Crippen LogP contribution is 2.17. The number of hydrogen-bond acceptors (Lipinski definition) is 4. The van der Waals surface area contributed by atoms with Crippen LogP contribution in [0.2, 0.25) is 0 Å². The van der Waals surface area contributed by atoms with Crippen LogP contribution in [0.1, 0.15) is 87.1 Å². The van der Waals surface area contributed by atoms with E-state index >= 15 is 0 Å². The molecular weight excluding hydrogens is 376 g/mol. The SMILES string of the molecule is CCCCCCCCCCCCOC(=O)c1ccc(COc2ccc(O)cc2)cc1. The molecule has 0 bridgehead atoms. The Labute approximate surface area is 181 Å². The third kappa shape index (κ3) is 9.82. The second-order valence-corrected chi connectivity index (χ2v) is 7.80. The summed E-state index contributed by atoms with van der Waals surface area (Å²) in [6.07, 6.45) is 12.6. The number of rotatable bonds is 15. The van der Waals surface area contributed by atoms with E-state index in [0.717, 1.165) is 18.4 Å². The van der Waals surface area contributed by atoms with Crippen LogP contribution in [-0.2, 0) is 11.3 Å². The highest BCUT2D eigenvalue weighted by molar-refractivity contribution is 5.89. The number of carbonyl (C=O) groups is 1. The lowest BCUT2D eigenvalue weighted by molar-refractivity contribution is 0.0497. The average molecular weight is 413 g/mol. The highest BCUT2D eigenvalue weighted by atomic mass is 16.5. The molecule has 0 aliphatic carbocycles. The molecule has 0 amide bonds. The van der Waals surface area contributed by atoms with E-state index in [9.17, 15) is 9.90 Å². The van der Waals surface area contributed by atoms with Gasteiger partial charge in [0.25, 0.3) is 0 Å². The summed E-state index contributed by atoms with van der Waals surface area (Å²) >= 11 is 0. The van der Waals surface area contributed by atoms with Crippen molar-refractivity contribution in [3.8, 4) is 11.5 Å². The molecule has 2 aromatic rings. The highest BCUT2D eigenvalue weighted by Gasteiger charge is 2.07. The minimum Gasteiger partial charge on any atom is -0.508 e. The van der Waals surface area contributed by atoms with Gasteiger partial charge in [-0.2, -0.15) is 0 Å². The van der Waals surface area contributed by atoms with Crippen LogP contribution in [0.5, 0.6) is 11.5 Å². The molecule has 0 aromatic heterocycles. The van der Waals surface area contributed by atoms with Crippen molar-refractivity contribution in [3.63, 3.8) is 0 Å². The van der Waals surface area contributed by atoms with E-state index in [4.69, 9.17) is 9.47 Å². The fraction of sp³-hybridized carbons (Fsp3) is 0.500. The van der Waals surface area contributed by atoms with Crippen LogP contribution in [0.25, 0.3) is 0 Å². The molecule has 0 saturated carbocycles. The van der Waals surface area contributed by atoms with Gasteiger partial charge >= 0.3 is 5.97 Å². The topological polar surface area (TPSA) is 55.8 Å². The van der Waals surface area contributed by atoms with Crippen molar-refractivity contribution in [2.45, 2.75) is 77.7 Å². The van der Waals surface area contributed by atoms with E-state index in [-0.39, 0.29) is 11.7 Å². The maximum atomic E-state index is 12.2. The van der Waals surface area contributed by atoms with Crippen LogP contribution in [0, 0.1) is 0 Å². The normalized spacial score (nSPS) is 10.7. The van der Waals surface area contributed by atoms with Gasteiger partial charge in [0.15, 0.2) is 0 Å². The first-order valence-corrected chi connectivity index (χ1v) is 11.4. The van der Waals surface area contributed by atoms with Crippen LogP contribution in [0.3, 0.4) is 0 Å². The van der Waals surface area contributed by atoms with Crippen molar-refractivity contribution in [2.24, 2.45) is 0 Å². The van der Waals surface area contributed by atoms with E-state index in [1.807, 2.05) is 12.1 Å². The van der Waals surface area contributed by atoms with E-state index in [2.05, 4.69) is 6.92 Å². The lowest BCUT2D eigenvalue weighted by Crippen LogP contribution is -2.06. The molecule has 0 aliphatic rings. The zero-order chi connectivity index (χ0) is 21.4. The number of aromatic hydroxyl groups is 1. The predicted molar refractivity (Wildman–Crippen MR) is 121 cm³/mol. The first kappa shape index (κ1) is 23.8. The molecule has 30 heavy (non-hydrogen) atoms. The number of esters is 1. The third-order valence-electron chi connectivity index (χ3n) is 5.16. The van der Waals surface area contributed by atoms with Crippen LogP contribution < -0.4 is 4.74 Å². The summed E-state index contributed by atoms with van der Waals surface area (Å²) in [7, 11) is 0. The van der Waals surface area contributed by atoms with Gasteiger partial charge in [-0.1, -0.05) is 76.8 Å². The lowest BCUT2D eigenvalue weighted by Gasteiger charge is -2.08. The molecule has 0 fully saturated rings. The molecule has 4 heteroatoms. The summed E-state index contributed by atoms with van der Waals surface area (Å²) in [5.41, 5.74) is 1.53. The first-order valence-electron chi connectivity index (χ1n) is 11.4. The van der Waals surface area contributed by atoms with Gasteiger partial charge in [-0.15, -0.1) is 0 Å². The van der Waals surface area contributed by atoms with Gasteiger partial charge in [0, 0.05) is 0 Å². The molecule has 0 heterocycles. The smallest absolute Gasteiger partial charge is 0.338 e. The van der Waals surface area contributed by atoms with Crippen LogP contribution in [0.15, 0.2) is 48.5 Å². The molecule has 0 saturated heterocycles. The number of hydrogen-bond donors (Lipinski definition) is 1. The fourth-order valence-corrected chi connectivity index (χ4v) is 3.28. The Balaban J connectivity index is 1.54. The van der Waals surface area contributed by atoms with Crippen LogP contribution in [0.4, 0.5) is 0 Å². The molecule has 0 unspecified atom stereocenters. The van der Waals surface area contributed by atoms with Gasteiger partial charge in [-0.05, 0) is 48.4 Å². The largest absolute Gasteiger partial charge is 0.508 e. The fourth-order valence-electron chi connectivity index (χ4n) is 3.28. The Bertz CT molecular complexity index is 707. The number of phenols is 1. The van der Waals surface area contributed by atoms with Crippen LogP contribution in [-0.4, -0.2) is 17.7 Å². The van der Waals surface area contributed by atoms with Crippen LogP contribution >= 0.6 is 0 Å². The first-order chi connectivity index (χ1) is 14.7. The average Bonchev–Trinajstić information content (AvgIpc) is 2.77. The lowest BCUT2D eigenvalue weighted by atomic mass is 10.1. The van der Waals surface area contributed by atoms with Gasteiger partial charge in [-0.25, -0.2) is 4.79 Å². The molecule has 0 atom stereocenters. The van der Waals surface area contributed by atoms with Gasteiger partial charge in [-0.3, -0.25) is 0 Å². The molecule has 2 aromatic carbocycles. The molecular formula is C26H36O4. The van der Waals surface area contributed by atoms with Gasteiger partial charge in [0.05, 0.1) is 12.2 Å². The van der Waals surface area contributed by atoms with Gasteiger partial charge in [0.1, 0.15) is 18.1 Å². The van der Waals surface area contributed by atoms with Crippen molar-refractivity contribution in [1.29, 1.82) is 0 Å². The summed E-state index contributed by atoms with van der Waals surface area (Å²) in [4.78, 5) is 12.2. The number of phenolic OH excluding ortho intramolecular Hbond substituents is 1. The monoisotopic (exact) mass is 412 g/mol. The van der Waals surface area contributed by atoms with Crippen molar-refractivity contribution in [3.05, 3.63) is 59.7 Å².